The van der Waals surface area contributed by atoms with E-state index in [-0.39, 0.29) is 12.5 Å². The van der Waals surface area contributed by atoms with Crippen molar-refractivity contribution in [3.8, 4) is 11.8 Å². The minimum absolute atomic E-state index is 0.0256. The minimum Gasteiger partial charge on any atom is -0.395 e. The molecule has 1 aromatic rings. The Kier molecular flexibility index (Phi) is 6.62. The number of hydrogen-bond donors (Lipinski definition) is 2. The predicted octanol–water partition coefficient (Wildman–Crippen LogP) is 2.19. The van der Waals surface area contributed by atoms with Gasteiger partial charge in [0.1, 0.15) is 5.82 Å². The van der Waals surface area contributed by atoms with Gasteiger partial charge in [0.2, 0.25) is 5.91 Å². The van der Waals surface area contributed by atoms with Crippen LogP contribution in [0, 0.1) is 17.8 Å². The quantitative estimate of drug-likeness (QED) is 0.798. The van der Waals surface area contributed by atoms with Gasteiger partial charge in [-0.2, -0.15) is 0 Å². The first-order chi connectivity index (χ1) is 9.15. The summed E-state index contributed by atoms with van der Waals surface area (Å²) < 4.78 is 0. The molecular weight excluding hydrogens is 240 g/mol. The Bertz CT molecular complexity index is 475. The van der Waals surface area contributed by atoms with E-state index < -0.39 is 0 Å². The fourth-order valence-corrected chi connectivity index (χ4v) is 1.45. The Balaban J connectivity index is 2.62. The molecule has 0 aliphatic carbocycles. The molecule has 4 nitrogen and oxygen atoms in total. The van der Waals surface area contributed by atoms with Crippen LogP contribution in [0.15, 0.2) is 18.3 Å². The van der Waals surface area contributed by atoms with Crippen molar-refractivity contribution in [2.24, 2.45) is 5.92 Å². The summed E-state index contributed by atoms with van der Waals surface area (Å²) in [7, 11) is 0. The number of aliphatic hydroxyl groups is 1. The van der Waals surface area contributed by atoms with Crippen LogP contribution in [0.5, 0.6) is 0 Å². The highest BCUT2D eigenvalue weighted by Gasteiger charge is 2.08. The van der Waals surface area contributed by atoms with Crippen LogP contribution in [-0.2, 0) is 4.79 Å². The maximum atomic E-state index is 11.7. The Morgan fingerprint density at radius 3 is 3.05 bits per heavy atom. The zero-order valence-electron chi connectivity index (χ0n) is 11.4. The lowest BCUT2D eigenvalue weighted by atomic mass is 10.1. The number of amides is 1. The third-order valence-electron chi connectivity index (χ3n) is 2.73. The van der Waals surface area contributed by atoms with Crippen molar-refractivity contribution in [1.82, 2.24) is 4.98 Å². The molecule has 0 radical (unpaired) electrons. The molecule has 1 amide bonds. The van der Waals surface area contributed by atoms with Crippen LogP contribution in [0.3, 0.4) is 0 Å². The number of nitrogens with one attached hydrogen (secondary N) is 1. The topological polar surface area (TPSA) is 62.2 Å². The van der Waals surface area contributed by atoms with E-state index >= 15 is 0 Å². The third kappa shape index (κ3) is 6.03. The van der Waals surface area contributed by atoms with Gasteiger partial charge in [0.05, 0.1) is 6.61 Å². The van der Waals surface area contributed by atoms with E-state index in [0.717, 1.165) is 12.0 Å². The molecule has 0 saturated heterocycles. The van der Waals surface area contributed by atoms with Gasteiger partial charge in [0.15, 0.2) is 0 Å². The van der Waals surface area contributed by atoms with E-state index in [9.17, 15) is 4.79 Å². The molecule has 4 heteroatoms. The van der Waals surface area contributed by atoms with Crippen molar-refractivity contribution >= 4 is 11.7 Å². The molecule has 0 fully saturated rings. The van der Waals surface area contributed by atoms with Crippen LogP contribution in [0.4, 0.5) is 5.82 Å². The number of carbonyl (C=O) groups is 1. The van der Waals surface area contributed by atoms with Crippen molar-refractivity contribution in [2.45, 2.75) is 33.1 Å². The number of rotatable bonds is 5. The largest absolute Gasteiger partial charge is 0.395 e. The normalized spacial score (nSPS) is 11.3. The highest BCUT2D eigenvalue weighted by molar-refractivity contribution is 5.89. The van der Waals surface area contributed by atoms with Gasteiger partial charge in [-0.15, -0.1) is 0 Å². The molecule has 1 atom stereocenters. The van der Waals surface area contributed by atoms with Gasteiger partial charge in [0.25, 0.3) is 0 Å². The summed E-state index contributed by atoms with van der Waals surface area (Å²) in [6.45, 7) is 4.16. The van der Waals surface area contributed by atoms with E-state index in [4.69, 9.17) is 5.11 Å². The monoisotopic (exact) mass is 260 g/mol. The van der Waals surface area contributed by atoms with Crippen LogP contribution in [0.1, 0.15) is 38.7 Å². The molecule has 19 heavy (non-hydrogen) atoms. The molecule has 102 valence electrons. The first kappa shape index (κ1) is 15.2. The number of aromatic nitrogens is 1. The standard InChI is InChI=1S/C15H20N2O2/c1-3-12(2)10-15(19)17-14-11-13(7-8-16-14)6-4-5-9-18/h7-8,11-12,18H,3,5,9-10H2,1-2H3,(H,16,17,19). The molecule has 1 heterocycles. The summed E-state index contributed by atoms with van der Waals surface area (Å²) in [6.07, 6.45) is 3.53. The van der Waals surface area contributed by atoms with Gasteiger partial charge in [-0.25, -0.2) is 4.98 Å². The Hall–Kier alpha value is -1.86. The van der Waals surface area contributed by atoms with Gasteiger partial charge in [-0.1, -0.05) is 32.1 Å². The highest BCUT2D eigenvalue weighted by Crippen LogP contribution is 2.10. The molecule has 1 unspecified atom stereocenters. The number of pyridine rings is 1. The zero-order chi connectivity index (χ0) is 14.1. The van der Waals surface area contributed by atoms with Crippen molar-refractivity contribution < 1.29 is 9.90 Å². The highest BCUT2D eigenvalue weighted by atomic mass is 16.2. The minimum atomic E-state index is -0.0256. The van der Waals surface area contributed by atoms with Crippen LogP contribution in [-0.4, -0.2) is 22.6 Å². The number of carbonyl (C=O) groups excluding carboxylic acids is 1. The molecule has 0 saturated carbocycles. The maximum absolute atomic E-state index is 11.7. The van der Waals surface area contributed by atoms with E-state index in [1.165, 1.54) is 0 Å². The molecule has 1 rings (SSSR count). The summed E-state index contributed by atoms with van der Waals surface area (Å²) in [5.74, 6) is 6.60. The second-order valence-corrected chi connectivity index (χ2v) is 4.47. The fourth-order valence-electron chi connectivity index (χ4n) is 1.45. The van der Waals surface area contributed by atoms with Crippen LogP contribution in [0.25, 0.3) is 0 Å². The molecule has 0 bridgehead atoms. The second-order valence-electron chi connectivity index (χ2n) is 4.47. The third-order valence-corrected chi connectivity index (χ3v) is 2.73. The average molecular weight is 260 g/mol. The molecule has 2 N–H and O–H groups in total. The lowest BCUT2D eigenvalue weighted by Crippen LogP contribution is -2.15. The maximum Gasteiger partial charge on any atom is 0.225 e. The number of hydrogen-bond acceptors (Lipinski definition) is 3. The molecule has 0 aromatic carbocycles. The van der Waals surface area contributed by atoms with Gasteiger partial charge in [-0.05, 0) is 18.1 Å². The summed E-state index contributed by atoms with van der Waals surface area (Å²) in [4.78, 5) is 15.8. The first-order valence-corrected chi connectivity index (χ1v) is 6.51. The lowest BCUT2D eigenvalue weighted by molar-refractivity contribution is -0.117. The average Bonchev–Trinajstić information content (AvgIpc) is 2.39. The molecule has 1 aromatic heterocycles. The van der Waals surface area contributed by atoms with Crippen molar-refractivity contribution in [2.75, 3.05) is 11.9 Å². The van der Waals surface area contributed by atoms with Crippen molar-refractivity contribution in [1.29, 1.82) is 0 Å². The van der Waals surface area contributed by atoms with Crippen LogP contribution >= 0.6 is 0 Å². The van der Waals surface area contributed by atoms with E-state index in [2.05, 4.69) is 29.1 Å². The van der Waals surface area contributed by atoms with Gasteiger partial charge >= 0.3 is 0 Å². The summed E-state index contributed by atoms with van der Waals surface area (Å²) in [5.41, 5.74) is 0.780. The van der Waals surface area contributed by atoms with E-state index in [1.54, 1.807) is 18.3 Å². The fraction of sp³-hybridized carbons (Fsp3) is 0.467. The Morgan fingerprint density at radius 1 is 1.58 bits per heavy atom. The van der Waals surface area contributed by atoms with Gasteiger partial charge in [-0.3, -0.25) is 4.79 Å². The first-order valence-electron chi connectivity index (χ1n) is 6.51. The van der Waals surface area contributed by atoms with Crippen LogP contribution in [0.2, 0.25) is 0 Å². The number of anilines is 1. The van der Waals surface area contributed by atoms with Crippen molar-refractivity contribution in [3.05, 3.63) is 23.9 Å². The second kappa shape index (κ2) is 8.28. The summed E-state index contributed by atoms with van der Waals surface area (Å²) in [5, 5.41) is 11.4. The van der Waals surface area contributed by atoms with E-state index in [1.807, 2.05) is 6.92 Å². The number of aliphatic hydroxyl groups excluding tert-OH is 1. The molecule has 0 spiro atoms. The SMILES string of the molecule is CCC(C)CC(=O)Nc1cc(C#CCCO)ccn1. The van der Waals surface area contributed by atoms with Gasteiger partial charge < -0.3 is 10.4 Å². The molecular formula is C15H20N2O2. The number of nitrogens with zero attached hydrogens (tertiary/aromatic N) is 1. The predicted molar refractivity (Wildman–Crippen MR) is 75.5 cm³/mol. The molecule has 0 aliphatic rings. The Morgan fingerprint density at radius 2 is 2.37 bits per heavy atom. The zero-order valence-corrected chi connectivity index (χ0v) is 11.4. The van der Waals surface area contributed by atoms with E-state index in [0.29, 0.717) is 24.6 Å². The van der Waals surface area contributed by atoms with Gasteiger partial charge in [0, 0.05) is 24.6 Å². The smallest absolute Gasteiger partial charge is 0.225 e. The summed E-state index contributed by atoms with van der Waals surface area (Å²) >= 11 is 0. The Labute approximate surface area is 114 Å². The lowest BCUT2D eigenvalue weighted by Gasteiger charge is -2.08. The van der Waals surface area contributed by atoms with Crippen molar-refractivity contribution in [3.63, 3.8) is 0 Å². The van der Waals surface area contributed by atoms with Crippen LogP contribution < -0.4 is 5.32 Å². The molecule has 0 aliphatic heterocycles. The summed E-state index contributed by atoms with van der Waals surface area (Å²) in [6, 6.07) is 3.51.